The maximum Gasteiger partial charge on any atom is 0.248 e. The van der Waals surface area contributed by atoms with Crippen molar-refractivity contribution in [3.05, 3.63) is 51.5 Å². The molecule has 2 aromatic rings. The van der Waals surface area contributed by atoms with E-state index in [2.05, 4.69) is 0 Å². The molecule has 21 heavy (non-hydrogen) atoms. The van der Waals surface area contributed by atoms with Gasteiger partial charge in [0.25, 0.3) is 0 Å². The van der Waals surface area contributed by atoms with Crippen LogP contribution in [0.3, 0.4) is 0 Å². The zero-order chi connectivity index (χ0) is 15.7. The lowest BCUT2D eigenvalue weighted by atomic mass is 10.1. The molecule has 4 N–H and O–H groups in total. The normalized spacial score (nSPS) is 10.5. The number of nitrogen functional groups attached to an aromatic ring is 1. The Balaban J connectivity index is 2.45. The summed E-state index contributed by atoms with van der Waals surface area (Å²) < 4.78 is 5.95. The minimum absolute atomic E-state index is 0.444. The van der Waals surface area contributed by atoms with Crippen LogP contribution in [0.15, 0.2) is 24.3 Å². The Labute approximate surface area is 128 Å². The number of rotatable bonds is 3. The highest BCUT2D eigenvalue weighted by Crippen LogP contribution is 2.35. The fourth-order valence-corrected chi connectivity index (χ4v) is 2.31. The number of carbonyl (C=O) groups is 1. The molecular formula is C16H17ClN2O2. The van der Waals surface area contributed by atoms with Gasteiger partial charge in [-0.3, -0.25) is 4.79 Å². The zero-order valence-corrected chi connectivity index (χ0v) is 12.9. The third-order valence-electron chi connectivity index (χ3n) is 3.25. The van der Waals surface area contributed by atoms with Crippen molar-refractivity contribution in [2.45, 2.75) is 20.8 Å². The number of amides is 1. The summed E-state index contributed by atoms with van der Waals surface area (Å²) in [5.74, 6) is 0.857. The fraction of sp³-hybridized carbons (Fsp3) is 0.188. The lowest BCUT2D eigenvalue weighted by molar-refractivity contribution is 0.1000. The summed E-state index contributed by atoms with van der Waals surface area (Å²) >= 11 is 6.03. The first-order chi connectivity index (χ1) is 9.79. The second-order valence-corrected chi connectivity index (χ2v) is 5.45. The van der Waals surface area contributed by atoms with E-state index < -0.39 is 5.91 Å². The molecule has 0 bridgehead atoms. The monoisotopic (exact) mass is 304 g/mol. The molecule has 0 radical (unpaired) electrons. The van der Waals surface area contributed by atoms with Crippen molar-refractivity contribution < 1.29 is 9.53 Å². The largest absolute Gasteiger partial charge is 0.456 e. The topological polar surface area (TPSA) is 78.3 Å². The first kappa shape index (κ1) is 15.2. The highest BCUT2D eigenvalue weighted by atomic mass is 35.5. The van der Waals surface area contributed by atoms with Crippen molar-refractivity contribution in [2.24, 2.45) is 5.73 Å². The van der Waals surface area contributed by atoms with Gasteiger partial charge in [0.2, 0.25) is 5.91 Å². The standard InChI is InChI=1S/C16H17ClN2O2/c1-8-6-13(18)12(17)7-14(8)21-15-9(2)4-11(16(19)20)5-10(15)3/h4-7H,18H2,1-3H3,(H2,19,20). The van der Waals surface area contributed by atoms with Crippen LogP contribution in [0, 0.1) is 20.8 Å². The van der Waals surface area contributed by atoms with Gasteiger partial charge in [0, 0.05) is 11.6 Å². The maximum absolute atomic E-state index is 11.3. The van der Waals surface area contributed by atoms with Gasteiger partial charge < -0.3 is 16.2 Å². The molecule has 5 heteroatoms. The molecule has 0 atom stereocenters. The number of ether oxygens (including phenoxy) is 1. The van der Waals surface area contributed by atoms with Crippen LogP contribution in [0.2, 0.25) is 5.02 Å². The Morgan fingerprint density at radius 1 is 1.05 bits per heavy atom. The minimum atomic E-state index is -0.459. The van der Waals surface area contributed by atoms with E-state index in [1.54, 1.807) is 24.3 Å². The predicted octanol–water partition coefficient (Wildman–Crippen LogP) is 3.74. The van der Waals surface area contributed by atoms with Crippen LogP contribution >= 0.6 is 11.6 Å². The number of benzene rings is 2. The summed E-state index contributed by atoms with van der Waals surface area (Å²) in [4.78, 5) is 11.3. The van der Waals surface area contributed by atoms with Gasteiger partial charge in [0.05, 0.1) is 10.7 Å². The third-order valence-corrected chi connectivity index (χ3v) is 3.58. The van der Waals surface area contributed by atoms with Crippen LogP contribution in [0.25, 0.3) is 0 Å². The van der Waals surface area contributed by atoms with Crippen molar-refractivity contribution in [3.63, 3.8) is 0 Å². The van der Waals surface area contributed by atoms with E-state index in [1.807, 2.05) is 20.8 Å². The number of halogens is 1. The smallest absolute Gasteiger partial charge is 0.248 e. The zero-order valence-electron chi connectivity index (χ0n) is 12.2. The first-order valence-electron chi connectivity index (χ1n) is 6.44. The van der Waals surface area contributed by atoms with Gasteiger partial charge in [-0.25, -0.2) is 0 Å². The Kier molecular flexibility index (Phi) is 4.09. The molecule has 0 aliphatic rings. The minimum Gasteiger partial charge on any atom is -0.456 e. The van der Waals surface area contributed by atoms with Crippen LogP contribution in [-0.4, -0.2) is 5.91 Å². The molecule has 4 nitrogen and oxygen atoms in total. The summed E-state index contributed by atoms with van der Waals surface area (Å²) in [5, 5.41) is 0.444. The molecular weight excluding hydrogens is 288 g/mol. The second-order valence-electron chi connectivity index (χ2n) is 5.04. The Morgan fingerprint density at radius 3 is 2.14 bits per heavy atom. The molecule has 110 valence electrons. The van der Waals surface area contributed by atoms with Gasteiger partial charge in [-0.1, -0.05) is 11.6 Å². The van der Waals surface area contributed by atoms with Crippen molar-refractivity contribution >= 4 is 23.2 Å². The summed E-state index contributed by atoms with van der Waals surface area (Å²) in [7, 11) is 0. The summed E-state index contributed by atoms with van der Waals surface area (Å²) in [5.41, 5.74) is 14.6. The Bertz CT molecular complexity index is 703. The van der Waals surface area contributed by atoms with Crippen LogP contribution in [0.5, 0.6) is 11.5 Å². The van der Waals surface area contributed by atoms with Crippen molar-refractivity contribution in [1.82, 2.24) is 0 Å². The van der Waals surface area contributed by atoms with E-state index in [9.17, 15) is 4.79 Å². The molecule has 0 unspecified atom stereocenters. The quantitative estimate of drug-likeness (QED) is 0.848. The molecule has 2 rings (SSSR count). The van der Waals surface area contributed by atoms with Crippen LogP contribution in [0.1, 0.15) is 27.0 Å². The van der Waals surface area contributed by atoms with Gasteiger partial charge in [-0.2, -0.15) is 0 Å². The highest BCUT2D eigenvalue weighted by Gasteiger charge is 2.12. The molecule has 0 aliphatic heterocycles. The number of primary amides is 1. The van der Waals surface area contributed by atoms with Gasteiger partial charge in [0.15, 0.2) is 0 Å². The SMILES string of the molecule is Cc1cc(N)c(Cl)cc1Oc1c(C)cc(C(N)=O)cc1C. The molecule has 0 aromatic heterocycles. The molecule has 0 saturated carbocycles. The number of hydrogen-bond acceptors (Lipinski definition) is 3. The molecule has 1 amide bonds. The van der Waals surface area contributed by atoms with E-state index >= 15 is 0 Å². The number of nitrogens with two attached hydrogens (primary N) is 2. The highest BCUT2D eigenvalue weighted by molar-refractivity contribution is 6.33. The first-order valence-corrected chi connectivity index (χ1v) is 6.82. The van der Waals surface area contributed by atoms with Crippen LogP contribution in [-0.2, 0) is 0 Å². The number of aryl methyl sites for hydroxylation is 3. The van der Waals surface area contributed by atoms with Crippen LogP contribution in [0.4, 0.5) is 5.69 Å². The van der Waals surface area contributed by atoms with Crippen molar-refractivity contribution in [3.8, 4) is 11.5 Å². The van der Waals surface area contributed by atoms with Gasteiger partial charge >= 0.3 is 0 Å². The summed E-state index contributed by atoms with van der Waals surface area (Å²) in [6, 6.07) is 6.87. The number of carbonyl (C=O) groups excluding carboxylic acids is 1. The Hall–Kier alpha value is -2.20. The molecule has 0 spiro atoms. The Morgan fingerprint density at radius 2 is 1.62 bits per heavy atom. The maximum atomic E-state index is 11.3. The summed E-state index contributed by atoms with van der Waals surface area (Å²) in [6.45, 7) is 5.62. The molecule has 0 fully saturated rings. The lowest BCUT2D eigenvalue weighted by Crippen LogP contribution is -2.11. The second kappa shape index (κ2) is 5.66. The van der Waals surface area contributed by atoms with Crippen molar-refractivity contribution in [2.75, 3.05) is 5.73 Å². The van der Waals surface area contributed by atoms with Gasteiger partial charge in [-0.15, -0.1) is 0 Å². The van der Waals surface area contributed by atoms with E-state index in [-0.39, 0.29) is 0 Å². The van der Waals surface area contributed by atoms with E-state index in [0.717, 1.165) is 16.7 Å². The van der Waals surface area contributed by atoms with E-state index in [1.165, 1.54) is 0 Å². The third kappa shape index (κ3) is 3.11. The average Bonchev–Trinajstić information content (AvgIpc) is 2.39. The van der Waals surface area contributed by atoms with E-state index in [4.69, 9.17) is 27.8 Å². The van der Waals surface area contributed by atoms with E-state index in [0.29, 0.717) is 27.8 Å². The lowest BCUT2D eigenvalue weighted by Gasteiger charge is -2.15. The fourth-order valence-electron chi connectivity index (χ4n) is 2.16. The van der Waals surface area contributed by atoms with Gasteiger partial charge in [0.1, 0.15) is 11.5 Å². The van der Waals surface area contributed by atoms with Crippen molar-refractivity contribution in [1.29, 1.82) is 0 Å². The average molecular weight is 305 g/mol. The van der Waals surface area contributed by atoms with Crippen LogP contribution < -0.4 is 16.2 Å². The predicted molar refractivity (Wildman–Crippen MR) is 85.1 cm³/mol. The molecule has 0 aliphatic carbocycles. The van der Waals surface area contributed by atoms with Gasteiger partial charge in [-0.05, 0) is 55.7 Å². The molecule has 0 heterocycles. The molecule has 0 saturated heterocycles. The number of hydrogen-bond donors (Lipinski definition) is 2. The number of anilines is 1. The molecule has 2 aromatic carbocycles. The summed E-state index contributed by atoms with van der Waals surface area (Å²) in [6.07, 6.45) is 0.